The first-order valence-corrected chi connectivity index (χ1v) is 8.38. The molecule has 2 aromatic heterocycles. The minimum atomic E-state index is -0.465. The Bertz CT molecular complexity index is 1050. The Labute approximate surface area is 154 Å². The molecule has 1 aromatic carbocycles. The topological polar surface area (TPSA) is 97.1 Å². The number of carbonyl (C=O) groups is 1. The lowest BCUT2D eigenvalue weighted by atomic mass is 10.2. The summed E-state index contributed by atoms with van der Waals surface area (Å²) in [6.07, 6.45) is 1.21. The maximum Gasteiger partial charge on any atom is 0.263 e. The smallest absolute Gasteiger partial charge is 0.263 e. The molecule has 1 amide bonds. The highest BCUT2D eigenvalue weighted by molar-refractivity contribution is 6.30. The van der Waals surface area contributed by atoms with Crippen molar-refractivity contribution in [3.63, 3.8) is 0 Å². The van der Waals surface area contributed by atoms with Gasteiger partial charge in [-0.3, -0.25) is 14.2 Å². The summed E-state index contributed by atoms with van der Waals surface area (Å²) in [7, 11) is 0. The summed E-state index contributed by atoms with van der Waals surface area (Å²) in [6.45, 7) is 3.45. The quantitative estimate of drug-likeness (QED) is 0.732. The molecule has 7 nitrogen and oxygen atoms in total. The van der Waals surface area contributed by atoms with Crippen molar-refractivity contribution in [1.29, 1.82) is 0 Å². The average Bonchev–Trinajstić information content (AvgIpc) is 2.57. The Morgan fingerprint density at radius 2 is 2.12 bits per heavy atom. The van der Waals surface area contributed by atoms with Crippen molar-refractivity contribution in [2.45, 2.75) is 26.4 Å². The summed E-state index contributed by atoms with van der Waals surface area (Å²) in [6, 6.07) is 8.07. The number of benzene rings is 1. The number of rotatable bonds is 4. The lowest BCUT2D eigenvalue weighted by Crippen LogP contribution is -2.37. The van der Waals surface area contributed by atoms with E-state index in [9.17, 15) is 14.7 Å². The Morgan fingerprint density at radius 1 is 1.35 bits per heavy atom. The maximum atomic E-state index is 12.9. The van der Waals surface area contributed by atoms with Gasteiger partial charge in [-0.1, -0.05) is 23.7 Å². The van der Waals surface area contributed by atoms with Crippen LogP contribution in [0.5, 0.6) is 5.75 Å². The highest BCUT2D eigenvalue weighted by atomic mass is 35.5. The molecule has 0 atom stereocenters. The van der Waals surface area contributed by atoms with Gasteiger partial charge in [-0.15, -0.1) is 0 Å². The molecule has 134 valence electrons. The van der Waals surface area contributed by atoms with E-state index in [1.54, 1.807) is 24.3 Å². The van der Waals surface area contributed by atoms with Crippen LogP contribution in [-0.4, -0.2) is 31.6 Å². The molecule has 0 aliphatic heterocycles. The number of pyridine rings is 1. The average molecular weight is 373 g/mol. The van der Waals surface area contributed by atoms with Crippen LogP contribution in [0.25, 0.3) is 22.4 Å². The SMILES string of the molecule is CC(C)NC(=O)Cn1c(-c2cccc(Cl)c2)nc2ncc(O)cc2c1=O. The fraction of sp³-hybridized carbons (Fsp3) is 0.222. The number of nitrogens with zero attached hydrogens (tertiary/aromatic N) is 3. The van der Waals surface area contributed by atoms with Crippen LogP contribution in [0, 0.1) is 0 Å². The second-order valence-electron chi connectivity index (χ2n) is 6.12. The van der Waals surface area contributed by atoms with Crippen molar-refractivity contribution < 1.29 is 9.90 Å². The Balaban J connectivity index is 2.23. The van der Waals surface area contributed by atoms with Gasteiger partial charge in [0.05, 0.1) is 11.6 Å². The van der Waals surface area contributed by atoms with Crippen LogP contribution in [0.15, 0.2) is 41.3 Å². The van der Waals surface area contributed by atoms with Crippen LogP contribution in [0.2, 0.25) is 5.02 Å². The van der Waals surface area contributed by atoms with Crippen molar-refractivity contribution in [1.82, 2.24) is 19.9 Å². The number of carbonyl (C=O) groups excluding carboxylic acids is 1. The normalized spacial score (nSPS) is 11.1. The van der Waals surface area contributed by atoms with E-state index in [2.05, 4.69) is 15.3 Å². The minimum absolute atomic E-state index is 0.0630. The van der Waals surface area contributed by atoms with Gasteiger partial charge in [0, 0.05) is 16.6 Å². The molecule has 0 saturated heterocycles. The first-order chi connectivity index (χ1) is 12.3. The van der Waals surface area contributed by atoms with E-state index in [-0.39, 0.29) is 41.1 Å². The lowest BCUT2D eigenvalue weighted by molar-refractivity contribution is -0.122. The summed E-state index contributed by atoms with van der Waals surface area (Å²) < 4.78 is 1.26. The second kappa shape index (κ2) is 7.13. The van der Waals surface area contributed by atoms with Crippen LogP contribution < -0.4 is 10.9 Å². The molecule has 0 fully saturated rings. The minimum Gasteiger partial charge on any atom is -0.506 e. The summed E-state index contributed by atoms with van der Waals surface area (Å²) in [5.41, 5.74) is 0.305. The number of aromatic hydroxyl groups is 1. The van der Waals surface area contributed by atoms with E-state index in [0.717, 1.165) is 0 Å². The summed E-state index contributed by atoms with van der Waals surface area (Å²) >= 11 is 6.06. The third-order valence-corrected chi connectivity index (χ3v) is 3.86. The van der Waals surface area contributed by atoms with E-state index >= 15 is 0 Å². The molecule has 0 unspecified atom stereocenters. The van der Waals surface area contributed by atoms with Gasteiger partial charge in [0.2, 0.25) is 5.91 Å². The van der Waals surface area contributed by atoms with Gasteiger partial charge in [-0.05, 0) is 32.0 Å². The third kappa shape index (κ3) is 3.67. The molecule has 2 heterocycles. The molecule has 0 bridgehead atoms. The van der Waals surface area contributed by atoms with E-state index in [0.29, 0.717) is 10.6 Å². The standard InChI is InChI=1S/C18H17ClN4O3/c1-10(2)21-15(25)9-23-17(11-4-3-5-12(19)6-11)22-16-14(18(23)26)7-13(24)8-20-16/h3-8,10,24H,9H2,1-2H3,(H,21,25). The highest BCUT2D eigenvalue weighted by Crippen LogP contribution is 2.22. The van der Waals surface area contributed by atoms with Crippen molar-refractivity contribution >= 4 is 28.5 Å². The van der Waals surface area contributed by atoms with Gasteiger partial charge >= 0.3 is 0 Å². The zero-order chi connectivity index (χ0) is 18.8. The van der Waals surface area contributed by atoms with E-state index in [1.165, 1.54) is 16.8 Å². The molecule has 0 aliphatic rings. The van der Waals surface area contributed by atoms with Crippen LogP contribution in [0.4, 0.5) is 0 Å². The van der Waals surface area contributed by atoms with E-state index in [4.69, 9.17) is 11.6 Å². The summed E-state index contributed by atoms with van der Waals surface area (Å²) in [5, 5.41) is 13.0. The highest BCUT2D eigenvalue weighted by Gasteiger charge is 2.17. The van der Waals surface area contributed by atoms with E-state index < -0.39 is 5.56 Å². The lowest BCUT2D eigenvalue weighted by Gasteiger charge is -2.15. The molecule has 8 heteroatoms. The largest absolute Gasteiger partial charge is 0.506 e. The molecule has 26 heavy (non-hydrogen) atoms. The van der Waals surface area contributed by atoms with Gasteiger partial charge in [0.15, 0.2) is 5.65 Å². The van der Waals surface area contributed by atoms with Crippen LogP contribution in [-0.2, 0) is 11.3 Å². The maximum absolute atomic E-state index is 12.9. The molecular weight excluding hydrogens is 356 g/mol. The number of hydrogen-bond donors (Lipinski definition) is 2. The fourth-order valence-electron chi connectivity index (χ4n) is 2.60. The number of fused-ring (bicyclic) bond motifs is 1. The molecular formula is C18H17ClN4O3. The molecule has 0 spiro atoms. The van der Waals surface area contributed by atoms with Crippen LogP contribution in [0.3, 0.4) is 0 Å². The Morgan fingerprint density at radius 3 is 2.81 bits per heavy atom. The first kappa shape index (κ1) is 17.9. The first-order valence-electron chi connectivity index (χ1n) is 8.00. The third-order valence-electron chi connectivity index (χ3n) is 3.63. The van der Waals surface area contributed by atoms with E-state index in [1.807, 2.05) is 13.8 Å². The van der Waals surface area contributed by atoms with Crippen molar-refractivity contribution in [2.75, 3.05) is 0 Å². The van der Waals surface area contributed by atoms with Crippen LogP contribution >= 0.6 is 11.6 Å². The molecule has 3 aromatic rings. The van der Waals surface area contributed by atoms with Crippen molar-refractivity contribution in [3.8, 4) is 17.1 Å². The number of halogens is 1. The zero-order valence-electron chi connectivity index (χ0n) is 14.2. The predicted octanol–water partition coefficient (Wildman–Crippen LogP) is 2.34. The predicted molar refractivity (Wildman–Crippen MR) is 99.2 cm³/mol. The van der Waals surface area contributed by atoms with Crippen molar-refractivity contribution in [2.24, 2.45) is 0 Å². The molecule has 0 saturated carbocycles. The number of nitrogens with one attached hydrogen (secondary N) is 1. The summed E-state index contributed by atoms with van der Waals surface area (Å²) in [5.74, 6) is -0.188. The second-order valence-corrected chi connectivity index (χ2v) is 6.56. The summed E-state index contributed by atoms with van der Waals surface area (Å²) in [4.78, 5) is 33.6. The van der Waals surface area contributed by atoms with Gasteiger partial charge in [0.1, 0.15) is 18.1 Å². The fourth-order valence-corrected chi connectivity index (χ4v) is 2.79. The molecule has 0 radical (unpaired) electrons. The monoisotopic (exact) mass is 372 g/mol. The molecule has 3 rings (SSSR count). The zero-order valence-corrected chi connectivity index (χ0v) is 15.0. The van der Waals surface area contributed by atoms with Gasteiger partial charge in [-0.25, -0.2) is 9.97 Å². The number of hydrogen-bond acceptors (Lipinski definition) is 5. The Hall–Kier alpha value is -2.93. The van der Waals surface area contributed by atoms with Gasteiger partial charge in [0.25, 0.3) is 5.56 Å². The van der Waals surface area contributed by atoms with Crippen molar-refractivity contribution in [3.05, 3.63) is 51.9 Å². The number of aromatic nitrogens is 3. The Kier molecular flexibility index (Phi) is 4.90. The van der Waals surface area contributed by atoms with Gasteiger partial charge < -0.3 is 10.4 Å². The van der Waals surface area contributed by atoms with Crippen LogP contribution in [0.1, 0.15) is 13.8 Å². The number of amides is 1. The molecule has 2 N–H and O–H groups in total. The molecule has 0 aliphatic carbocycles. The van der Waals surface area contributed by atoms with Gasteiger partial charge in [-0.2, -0.15) is 0 Å².